The monoisotopic (exact) mass is 177 g/mol. The average molecular weight is 177 g/mol. The quantitative estimate of drug-likeness (QED) is 0.705. The Morgan fingerprint density at radius 1 is 1.46 bits per heavy atom. The molecule has 0 bridgehead atoms. The van der Waals surface area contributed by atoms with E-state index in [1.54, 1.807) is 0 Å². The van der Waals surface area contributed by atoms with Gasteiger partial charge in [0, 0.05) is 18.7 Å². The van der Waals surface area contributed by atoms with Gasteiger partial charge < -0.3 is 5.32 Å². The van der Waals surface area contributed by atoms with Crippen molar-refractivity contribution in [2.45, 2.75) is 31.7 Å². The summed E-state index contributed by atoms with van der Waals surface area (Å²) in [5, 5.41) is 7.87. The number of hydrogen-bond acceptors (Lipinski definition) is 2. The molecule has 0 saturated heterocycles. The molecule has 1 saturated carbocycles. The molecule has 13 heavy (non-hydrogen) atoms. The molecule has 3 heteroatoms. The van der Waals surface area contributed by atoms with Gasteiger partial charge in [-0.2, -0.15) is 5.10 Å². The van der Waals surface area contributed by atoms with Crippen molar-refractivity contribution in [3.63, 3.8) is 0 Å². The lowest BCUT2D eigenvalue weighted by Crippen LogP contribution is -2.28. The molecule has 0 radical (unpaired) electrons. The second-order valence-electron chi connectivity index (χ2n) is 4.27. The van der Waals surface area contributed by atoms with Gasteiger partial charge in [-0.25, -0.2) is 0 Å². The van der Waals surface area contributed by atoms with Crippen LogP contribution in [0.1, 0.15) is 24.8 Å². The number of aromatic nitrogens is 2. The highest BCUT2D eigenvalue weighted by Crippen LogP contribution is 2.38. The van der Waals surface area contributed by atoms with Crippen molar-refractivity contribution in [2.75, 3.05) is 5.32 Å². The maximum Gasteiger partial charge on any atom is 0.127 e. The minimum atomic E-state index is 0.725. The molecule has 1 fully saturated rings. The summed E-state index contributed by atoms with van der Waals surface area (Å²) in [5.74, 6) is 2.20. The first-order valence-electron chi connectivity index (χ1n) is 5.12. The van der Waals surface area contributed by atoms with Gasteiger partial charge in [-0.05, 0) is 31.6 Å². The topological polar surface area (TPSA) is 29.9 Å². The highest BCUT2D eigenvalue weighted by molar-refractivity contribution is 5.47. The third-order valence-electron chi connectivity index (χ3n) is 3.25. The first-order chi connectivity index (χ1) is 6.34. The Labute approximate surface area is 78.1 Å². The minimum absolute atomic E-state index is 0.725. The predicted molar refractivity (Wildman–Crippen MR) is 51.7 cm³/mol. The number of rotatable bonds is 1. The molecule has 1 N–H and O–H groups in total. The van der Waals surface area contributed by atoms with E-state index >= 15 is 0 Å². The van der Waals surface area contributed by atoms with Crippen LogP contribution >= 0.6 is 0 Å². The van der Waals surface area contributed by atoms with Crippen molar-refractivity contribution < 1.29 is 0 Å². The van der Waals surface area contributed by atoms with Crippen LogP contribution in [0, 0.1) is 5.92 Å². The predicted octanol–water partition coefficient (Wildman–Crippen LogP) is 1.56. The molecule has 1 aliphatic heterocycles. The van der Waals surface area contributed by atoms with Crippen LogP contribution in [0.5, 0.6) is 0 Å². The molecule has 70 valence electrons. The van der Waals surface area contributed by atoms with E-state index < -0.39 is 0 Å². The van der Waals surface area contributed by atoms with Gasteiger partial charge in [0.1, 0.15) is 5.82 Å². The summed E-state index contributed by atoms with van der Waals surface area (Å²) >= 11 is 0. The number of nitrogens with zero attached hydrogens (tertiary/aromatic N) is 2. The fourth-order valence-electron chi connectivity index (χ4n) is 2.26. The van der Waals surface area contributed by atoms with Gasteiger partial charge in [0.25, 0.3) is 0 Å². The van der Waals surface area contributed by atoms with Gasteiger partial charge in [0.05, 0.1) is 6.20 Å². The standard InChI is InChI=1S/C10H15N3/c1-13-10-8(6-11-13)4-5-9(12-10)7-2-3-7/h6-7,9,12H,2-5H2,1H3. The first kappa shape index (κ1) is 7.42. The van der Waals surface area contributed by atoms with E-state index in [0.29, 0.717) is 0 Å². The lowest BCUT2D eigenvalue weighted by molar-refractivity contribution is 0.561. The van der Waals surface area contributed by atoms with Gasteiger partial charge in [-0.1, -0.05) is 0 Å². The molecule has 2 heterocycles. The molecule has 0 amide bonds. The van der Waals surface area contributed by atoms with Crippen LogP contribution in [0.15, 0.2) is 6.20 Å². The number of anilines is 1. The van der Waals surface area contributed by atoms with Crippen LogP contribution in [-0.4, -0.2) is 15.8 Å². The highest BCUT2D eigenvalue weighted by atomic mass is 15.3. The van der Waals surface area contributed by atoms with Gasteiger partial charge in [0.15, 0.2) is 0 Å². The summed E-state index contributed by atoms with van der Waals surface area (Å²) in [6.45, 7) is 0. The maximum absolute atomic E-state index is 4.27. The van der Waals surface area contributed by atoms with Gasteiger partial charge in [-0.3, -0.25) is 4.68 Å². The Bertz CT molecular complexity index is 325. The van der Waals surface area contributed by atoms with Crippen LogP contribution in [0.2, 0.25) is 0 Å². The highest BCUT2D eigenvalue weighted by Gasteiger charge is 2.34. The van der Waals surface area contributed by atoms with Gasteiger partial charge in [0.2, 0.25) is 0 Å². The molecule has 2 aliphatic rings. The SMILES string of the molecule is Cn1ncc2c1NC(C1CC1)CC2. The molecule has 1 aromatic heterocycles. The second-order valence-corrected chi connectivity index (χ2v) is 4.27. The zero-order valence-corrected chi connectivity index (χ0v) is 7.95. The van der Waals surface area contributed by atoms with Crippen LogP contribution < -0.4 is 5.32 Å². The van der Waals surface area contributed by atoms with Crippen molar-refractivity contribution in [3.05, 3.63) is 11.8 Å². The van der Waals surface area contributed by atoms with E-state index in [1.807, 2.05) is 17.9 Å². The molecule has 1 aliphatic carbocycles. The molecule has 1 unspecified atom stereocenters. The minimum Gasteiger partial charge on any atom is -0.367 e. The van der Waals surface area contributed by atoms with E-state index in [9.17, 15) is 0 Å². The fraction of sp³-hybridized carbons (Fsp3) is 0.700. The number of hydrogen-bond donors (Lipinski definition) is 1. The molecule has 0 spiro atoms. The lowest BCUT2D eigenvalue weighted by atomic mass is 9.99. The maximum atomic E-state index is 4.27. The Hall–Kier alpha value is -0.990. The third-order valence-corrected chi connectivity index (χ3v) is 3.25. The third kappa shape index (κ3) is 1.14. The summed E-state index contributed by atoms with van der Waals surface area (Å²) < 4.78 is 1.96. The molecule has 3 nitrogen and oxygen atoms in total. The Kier molecular flexibility index (Phi) is 1.43. The van der Waals surface area contributed by atoms with Crippen LogP contribution in [0.3, 0.4) is 0 Å². The zero-order chi connectivity index (χ0) is 8.84. The Balaban J connectivity index is 1.88. The average Bonchev–Trinajstić information content (AvgIpc) is 2.93. The fourth-order valence-corrected chi connectivity index (χ4v) is 2.26. The zero-order valence-electron chi connectivity index (χ0n) is 7.95. The van der Waals surface area contributed by atoms with Crippen molar-refractivity contribution in [1.82, 2.24) is 9.78 Å². The molecular formula is C10H15N3. The first-order valence-corrected chi connectivity index (χ1v) is 5.12. The molecule has 1 atom stereocenters. The number of fused-ring (bicyclic) bond motifs is 1. The summed E-state index contributed by atoms with van der Waals surface area (Å²) in [6.07, 6.45) is 7.34. The molecule has 0 aromatic carbocycles. The van der Waals surface area contributed by atoms with Crippen molar-refractivity contribution in [3.8, 4) is 0 Å². The largest absolute Gasteiger partial charge is 0.367 e. The Morgan fingerprint density at radius 3 is 3.08 bits per heavy atom. The second kappa shape index (κ2) is 2.50. The van der Waals surface area contributed by atoms with Crippen LogP contribution in [-0.2, 0) is 13.5 Å². The van der Waals surface area contributed by atoms with Crippen molar-refractivity contribution >= 4 is 5.82 Å². The van der Waals surface area contributed by atoms with E-state index in [1.165, 1.54) is 37.1 Å². The van der Waals surface area contributed by atoms with Crippen molar-refractivity contribution in [1.29, 1.82) is 0 Å². The summed E-state index contributed by atoms with van der Waals surface area (Å²) in [7, 11) is 2.01. The van der Waals surface area contributed by atoms with Gasteiger partial charge >= 0.3 is 0 Å². The summed E-state index contributed by atoms with van der Waals surface area (Å²) in [4.78, 5) is 0. The smallest absolute Gasteiger partial charge is 0.127 e. The van der Waals surface area contributed by atoms with Crippen LogP contribution in [0.4, 0.5) is 5.82 Å². The summed E-state index contributed by atoms with van der Waals surface area (Å²) in [6, 6.07) is 0.725. The number of nitrogens with one attached hydrogen (secondary N) is 1. The molecular weight excluding hydrogens is 162 g/mol. The summed E-state index contributed by atoms with van der Waals surface area (Å²) in [5.41, 5.74) is 1.39. The molecule has 1 aromatic rings. The van der Waals surface area contributed by atoms with E-state index in [-0.39, 0.29) is 0 Å². The van der Waals surface area contributed by atoms with Crippen LogP contribution in [0.25, 0.3) is 0 Å². The molecule has 3 rings (SSSR count). The van der Waals surface area contributed by atoms with Crippen molar-refractivity contribution in [2.24, 2.45) is 13.0 Å². The number of aryl methyl sites for hydroxylation is 2. The normalized spacial score (nSPS) is 26.7. The van der Waals surface area contributed by atoms with E-state index in [4.69, 9.17) is 0 Å². The van der Waals surface area contributed by atoms with Gasteiger partial charge in [-0.15, -0.1) is 0 Å². The lowest BCUT2D eigenvalue weighted by Gasteiger charge is -2.24. The van der Waals surface area contributed by atoms with E-state index in [2.05, 4.69) is 10.4 Å². The van der Waals surface area contributed by atoms with E-state index in [0.717, 1.165) is 12.0 Å². The Morgan fingerprint density at radius 2 is 2.31 bits per heavy atom.